The molecule has 1 unspecified atom stereocenters. The Balaban J connectivity index is 2.10. The second kappa shape index (κ2) is 15.1. The minimum Gasteiger partial charge on any atom is -0.481 e. The molecule has 1 aromatic rings. The number of nitrogens with two attached hydrogens (primary N) is 2. The number of ketones is 1. The van der Waals surface area contributed by atoms with E-state index in [4.69, 9.17) is 25.5 Å². The minimum absolute atomic E-state index is 0.0748. The van der Waals surface area contributed by atoms with Crippen molar-refractivity contribution in [3.8, 4) is 0 Å². The van der Waals surface area contributed by atoms with Crippen LogP contribution in [0.25, 0.3) is 0 Å². The summed E-state index contributed by atoms with van der Waals surface area (Å²) in [6, 6.07) is 2.86. The van der Waals surface area contributed by atoms with E-state index < -0.39 is 45.7 Å². The Morgan fingerprint density at radius 2 is 1.51 bits per heavy atom. The van der Waals surface area contributed by atoms with E-state index in [0.29, 0.717) is 0 Å². The van der Waals surface area contributed by atoms with Crippen molar-refractivity contribution in [3.05, 3.63) is 29.8 Å². The number of quaternary nitrogens is 1. The number of rotatable bonds is 17. The lowest BCUT2D eigenvalue weighted by atomic mass is 10.0. The van der Waals surface area contributed by atoms with Crippen LogP contribution in [0.5, 0.6) is 0 Å². The number of hydrogen-bond acceptors (Lipinski definition) is 9. The van der Waals surface area contributed by atoms with Gasteiger partial charge < -0.3 is 36.7 Å². The van der Waals surface area contributed by atoms with Crippen LogP contribution in [-0.4, -0.2) is 88.7 Å². The third-order valence-electron chi connectivity index (χ3n) is 4.59. The van der Waals surface area contributed by atoms with Gasteiger partial charge in [-0.25, -0.2) is 13.6 Å². The van der Waals surface area contributed by atoms with Crippen LogP contribution in [0.2, 0.25) is 0 Å². The van der Waals surface area contributed by atoms with Gasteiger partial charge in [0, 0.05) is 25.1 Å². The molecule has 0 aliphatic carbocycles. The molecule has 10 N–H and O–H groups in total. The van der Waals surface area contributed by atoms with Crippen LogP contribution in [0.1, 0.15) is 23.2 Å². The molecule has 0 radical (unpaired) electrons. The van der Waals surface area contributed by atoms with Gasteiger partial charge in [0.15, 0.2) is 0 Å². The summed E-state index contributed by atoms with van der Waals surface area (Å²) in [5, 5.41) is 18.7. The molecule has 0 spiro atoms. The molecule has 0 aromatic heterocycles. The lowest BCUT2D eigenvalue weighted by molar-refractivity contribution is -0.389. The van der Waals surface area contributed by atoms with Crippen molar-refractivity contribution in [2.45, 2.75) is 29.8 Å². The summed E-state index contributed by atoms with van der Waals surface area (Å²) in [6.45, 7) is 1.19. The van der Waals surface area contributed by atoms with Gasteiger partial charge in [-0.05, 0) is 30.7 Å². The molecule has 35 heavy (non-hydrogen) atoms. The zero-order chi connectivity index (χ0) is 26.4. The number of amides is 2. The number of carboxylic acids is 1. The van der Waals surface area contributed by atoms with Crippen LogP contribution in [0, 0.1) is 0 Å². The molecule has 1 aromatic carbocycles. The topological polar surface area (TPSA) is 245 Å². The Morgan fingerprint density at radius 3 is 2.03 bits per heavy atom. The smallest absolute Gasteiger partial charge is 0.303 e. The number of aliphatic carboxylic acids is 1. The highest BCUT2D eigenvalue weighted by Gasteiger charge is 2.30. The summed E-state index contributed by atoms with van der Waals surface area (Å²) in [5.41, 5.74) is 9.35. The SMILES string of the molecule is NC(CCC(=O)O)C(=O)[C@@H]([NH3+])C(=O)NCCOCCOCCNC(=O)c1ccc(S(N)(=O)=O)cc1. The van der Waals surface area contributed by atoms with Gasteiger partial charge in [-0.1, -0.05) is 0 Å². The average Bonchev–Trinajstić information content (AvgIpc) is 2.81. The molecular weight excluding hydrogens is 486 g/mol. The Labute approximate surface area is 202 Å². The van der Waals surface area contributed by atoms with Crippen LogP contribution in [0.3, 0.4) is 0 Å². The second-order valence-corrected chi connectivity index (χ2v) is 8.90. The van der Waals surface area contributed by atoms with Crippen LogP contribution in [0.15, 0.2) is 29.2 Å². The second-order valence-electron chi connectivity index (χ2n) is 7.33. The number of primary sulfonamides is 1. The maximum atomic E-state index is 12.0. The quantitative estimate of drug-likeness (QED) is 0.0880. The van der Waals surface area contributed by atoms with Crippen molar-refractivity contribution >= 4 is 33.6 Å². The Bertz CT molecular complexity index is 970. The number of ether oxygens (including phenoxy) is 2. The van der Waals surface area contributed by atoms with Crippen molar-refractivity contribution < 1.29 is 47.9 Å². The molecule has 0 heterocycles. The minimum atomic E-state index is -3.82. The van der Waals surface area contributed by atoms with Crippen molar-refractivity contribution in [2.24, 2.45) is 10.9 Å². The number of nitrogens with one attached hydrogen (secondary N) is 2. The van der Waals surface area contributed by atoms with Gasteiger partial charge in [0.05, 0.1) is 37.4 Å². The molecule has 0 aliphatic heterocycles. The molecule has 0 bridgehead atoms. The monoisotopic (exact) mass is 518 g/mol. The zero-order valence-corrected chi connectivity index (χ0v) is 19.9. The number of Topliss-reactive ketones (excluding diaryl/α,β-unsaturated/α-hetero) is 1. The number of benzene rings is 1. The largest absolute Gasteiger partial charge is 0.481 e. The molecule has 14 nitrogen and oxygen atoms in total. The van der Waals surface area contributed by atoms with Gasteiger partial charge in [-0.2, -0.15) is 0 Å². The predicted octanol–water partition coefficient (Wildman–Crippen LogP) is -3.42. The average molecular weight is 519 g/mol. The Morgan fingerprint density at radius 1 is 0.971 bits per heavy atom. The molecule has 0 aliphatic rings. The van der Waals surface area contributed by atoms with Crippen molar-refractivity contribution in [1.82, 2.24) is 10.6 Å². The van der Waals surface area contributed by atoms with Gasteiger partial charge >= 0.3 is 5.97 Å². The van der Waals surface area contributed by atoms with Gasteiger partial charge in [-0.3, -0.25) is 19.2 Å². The first-order valence-electron chi connectivity index (χ1n) is 10.6. The van der Waals surface area contributed by atoms with Gasteiger partial charge in [-0.15, -0.1) is 0 Å². The van der Waals surface area contributed by atoms with E-state index in [0.717, 1.165) is 0 Å². The molecule has 1 rings (SSSR count). The highest BCUT2D eigenvalue weighted by Crippen LogP contribution is 2.08. The summed E-state index contributed by atoms with van der Waals surface area (Å²) in [5.74, 6) is -2.74. The van der Waals surface area contributed by atoms with Crippen LogP contribution >= 0.6 is 0 Å². The number of hydrogen-bond donors (Lipinski definition) is 6. The number of carbonyl (C=O) groups is 4. The van der Waals surface area contributed by atoms with Gasteiger partial charge in [0.1, 0.15) is 0 Å². The highest BCUT2D eigenvalue weighted by atomic mass is 32.2. The lowest BCUT2D eigenvalue weighted by Crippen LogP contribution is -2.73. The van der Waals surface area contributed by atoms with Crippen LogP contribution in [-0.2, 0) is 33.9 Å². The van der Waals surface area contributed by atoms with E-state index in [1.165, 1.54) is 24.3 Å². The molecule has 15 heteroatoms. The van der Waals surface area contributed by atoms with E-state index in [9.17, 15) is 27.6 Å². The molecule has 0 saturated carbocycles. The number of carboxylic acid groups (broad SMARTS) is 1. The summed E-state index contributed by atoms with van der Waals surface area (Å²) >= 11 is 0. The van der Waals surface area contributed by atoms with E-state index in [-0.39, 0.29) is 62.8 Å². The highest BCUT2D eigenvalue weighted by molar-refractivity contribution is 7.89. The molecular formula is C20H32N5O9S+. The maximum absolute atomic E-state index is 12.0. The summed E-state index contributed by atoms with van der Waals surface area (Å²) < 4.78 is 33.0. The first-order valence-corrected chi connectivity index (χ1v) is 12.2. The first kappa shape index (κ1) is 30.1. The third kappa shape index (κ3) is 11.8. The lowest BCUT2D eigenvalue weighted by Gasteiger charge is -2.13. The fourth-order valence-electron chi connectivity index (χ4n) is 2.64. The first-order chi connectivity index (χ1) is 16.4. The predicted molar refractivity (Wildman–Crippen MR) is 121 cm³/mol. The van der Waals surface area contributed by atoms with E-state index in [1.807, 2.05) is 0 Å². The van der Waals surface area contributed by atoms with Crippen molar-refractivity contribution in [2.75, 3.05) is 39.5 Å². The summed E-state index contributed by atoms with van der Waals surface area (Å²) in [4.78, 5) is 46.4. The van der Waals surface area contributed by atoms with Crippen molar-refractivity contribution in [1.29, 1.82) is 0 Å². The van der Waals surface area contributed by atoms with E-state index >= 15 is 0 Å². The zero-order valence-electron chi connectivity index (χ0n) is 19.1. The van der Waals surface area contributed by atoms with E-state index in [1.54, 1.807) is 0 Å². The Kier molecular flexibility index (Phi) is 13.0. The van der Waals surface area contributed by atoms with Crippen molar-refractivity contribution in [3.63, 3.8) is 0 Å². The normalized spacial score (nSPS) is 13.0. The third-order valence-corrected chi connectivity index (χ3v) is 5.52. The summed E-state index contributed by atoms with van der Waals surface area (Å²) in [7, 11) is -3.82. The van der Waals surface area contributed by atoms with Gasteiger partial charge in [0.2, 0.25) is 21.8 Å². The maximum Gasteiger partial charge on any atom is 0.303 e. The molecule has 0 saturated heterocycles. The fraction of sp³-hybridized carbons (Fsp3) is 0.500. The standard InChI is InChI=1S/C20H31N5O9S/c21-15(5-6-16(26)27)18(28)17(22)20(30)25-8-10-34-12-11-33-9-7-24-19(29)13-1-3-14(4-2-13)35(23,31)32/h1-4,15,17H,5-12,21-22H2,(H,24,29)(H,25,30)(H,26,27)(H2,23,31,32)/p+1/t15?,17-/m1/s1. The number of carbonyl (C=O) groups excluding carboxylic acids is 3. The molecule has 2 amide bonds. The molecule has 2 atom stereocenters. The number of sulfonamides is 1. The Hall–Kier alpha value is -2.95. The molecule has 0 fully saturated rings. The van der Waals surface area contributed by atoms with Gasteiger partial charge in [0.25, 0.3) is 11.8 Å². The summed E-state index contributed by atoms with van der Waals surface area (Å²) in [6.07, 6.45) is -0.352. The van der Waals surface area contributed by atoms with E-state index in [2.05, 4.69) is 16.4 Å². The molecule has 196 valence electrons. The van der Waals surface area contributed by atoms with Crippen LogP contribution < -0.4 is 27.2 Å². The van der Waals surface area contributed by atoms with Crippen LogP contribution in [0.4, 0.5) is 0 Å². The fourth-order valence-corrected chi connectivity index (χ4v) is 3.15.